The zero-order valence-electron chi connectivity index (χ0n) is 13.6. The number of carbonyl (C=O) groups excluding carboxylic acids is 1. The number of sulfonamides is 1. The average molecular weight is 361 g/mol. The number of nitrogens with one attached hydrogen (secondary N) is 2. The fraction of sp³-hybridized carbons (Fsp3) is 0.312. The maximum atomic E-state index is 12.1. The predicted molar refractivity (Wildman–Crippen MR) is 93.6 cm³/mol. The monoisotopic (exact) mass is 361 g/mol. The second kappa shape index (κ2) is 7.58. The van der Waals surface area contributed by atoms with Crippen LogP contribution < -0.4 is 14.9 Å². The molecule has 132 valence electrons. The summed E-state index contributed by atoms with van der Waals surface area (Å²) >= 11 is 0. The van der Waals surface area contributed by atoms with Gasteiger partial charge in [0.2, 0.25) is 10.0 Å². The number of hydrogen-bond acceptors (Lipinski definition) is 7. The highest BCUT2D eigenvalue weighted by Gasteiger charge is 2.19. The molecule has 0 unspecified atom stereocenters. The van der Waals surface area contributed by atoms with E-state index >= 15 is 0 Å². The molecular weight excluding hydrogens is 342 g/mol. The Bertz CT molecular complexity index is 819. The van der Waals surface area contributed by atoms with E-state index in [1.165, 1.54) is 6.07 Å². The Hall–Kier alpha value is -2.52. The van der Waals surface area contributed by atoms with Crippen LogP contribution in [0.5, 0.6) is 0 Å². The molecule has 3 rings (SSSR count). The molecule has 0 saturated carbocycles. The zero-order chi connectivity index (χ0) is 17.7. The third-order valence-electron chi connectivity index (χ3n) is 3.77. The van der Waals surface area contributed by atoms with Crippen molar-refractivity contribution in [1.82, 2.24) is 20.2 Å². The van der Waals surface area contributed by atoms with E-state index in [0.717, 1.165) is 26.2 Å². The third-order valence-corrected chi connectivity index (χ3v) is 4.98. The first kappa shape index (κ1) is 17.3. The van der Waals surface area contributed by atoms with E-state index in [1.807, 2.05) is 4.72 Å². The van der Waals surface area contributed by atoms with Crippen molar-refractivity contribution in [1.29, 1.82) is 0 Å². The van der Waals surface area contributed by atoms with Gasteiger partial charge in [0, 0.05) is 26.2 Å². The summed E-state index contributed by atoms with van der Waals surface area (Å²) in [5.74, 6) is -0.383. The Morgan fingerprint density at radius 3 is 2.44 bits per heavy atom. The van der Waals surface area contributed by atoms with Gasteiger partial charge in [0.1, 0.15) is 0 Å². The summed E-state index contributed by atoms with van der Waals surface area (Å²) < 4.78 is 26.2. The van der Waals surface area contributed by atoms with Crippen molar-refractivity contribution >= 4 is 21.7 Å². The predicted octanol–water partition coefficient (Wildman–Crippen LogP) is 0.146. The highest BCUT2D eigenvalue weighted by Crippen LogP contribution is 2.11. The van der Waals surface area contributed by atoms with E-state index in [1.54, 1.807) is 36.4 Å². The van der Waals surface area contributed by atoms with E-state index in [2.05, 4.69) is 20.4 Å². The number of amides is 1. The molecule has 2 N–H and O–H groups in total. The lowest BCUT2D eigenvalue weighted by Crippen LogP contribution is -2.44. The maximum Gasteiger partial charge on any atom is 0.285 e. The quantitative estimate of drug-likeness (QED) is 0.781. The van der Waals surface area contributed by atoms with Crippen molar-refractivity contribution in [3.05, 3.63) is 53.7 Å². The first-order chi connectivity index (χ1) is 12.0. The van der Waals surface area contributed by atoms with Gasteiger partial charge in [0.15, 0.2) is 11.5 Å². The summed E-state index contributed by atoms with van der Waals surface area (Å²) in [5.41, 5.74) is 0.568. The molecule has 1 aliphatic heterocycles. The van der Waals surface area contributed by atoms with Crippen LogP contribution in [-0.2, 0) is 15.8 Å². The van der Waals surface area contributed by atoms with Gasteiger partial charge in [-0.25, -0.2) is 13.1 Å². The van der Waals surface area contributed by atoms with Gasteiger partial charge in [0.25, 0.3) is 5.91 Å². The molecule has 0 aliphatic carbocycles. The number of aromatic nitrogens is 2. The first-order valence-electron chi connectivity index (χ1n) is 7.92. The van der Waals surface area contributed by atoms with Crippen molar-refractivity contribution in [2.45, 2.75) is 5.75 Å². The molecule has 1 amide bonds. The zero-order valence-corrected chi connectivity index (χ0v) is 14.4. The summed E-state index contributed by atoms with van der Waals surface area (Å²) in [4.78, 5) is 14.2. The van der Waals surface area contributed by atoms with Gasteiger partial charge < -0.3 is 10.2 Å². The molecule has 1 aliphatic rings. The molecule has 2 heterocycles. The SMILES string of the molecule is O=C(NS(=O)(=O)Cc1ccccc1)c1ccc(N2CCNCC2)nn1. The number of nitrogens with zero attached hydrogens (tertiary/aromatic N) is 3. The highest BCUT2D eigenvalue weighted by molar-refractivity contribution is 7.89. The molecule has 1 aromatic carbocycles. The second-order valence-electron chi connectivity index (χ2n) is 5.69. The number of hydrogen-bond donors (Lipinski definition) is 2. The van der Waals surface area contributed by atoms with Gasteiger partial charge in [-0.3, -0.25) is 4.79 Å². The molecule has 1 aromatic heterocycles. The lowest BCUT2D eigenvalue weighted by molar-refractivity contribution is 0.0975. The van der Waals surface area contributed by atoms with Crippen LogP contribution in [0.1, 0.15) is 16.1 Å². The normalized spacial score (nSPS) is 15.0. The summed E-state index contributed by atoms with van der Waals surface area (Å²) in [6, 6.07) is 11.8. The van der Waals surface area contributed by atoms with Gasteiger partial charge in [-0.15, -0.1) is 10.2 Å². The van der Waals surface area contributed by atoms with Crippen LogP contribution in [-0.4, -0.2) is 50.7 Å². The Balaban J connectivity index is 1.64. The minimum atomic E-state index is -3.80. The highest BCUT2D eigenvalue weighted by atomic mass is 32.2. The molecule has 2 aromatic rings. The average Bonchev–Trinajstić information content (AvgIpc) is 2.62. The van der Waals surface area contributed by atoms with Crippen LogP contribution in [0.25, 0.3) is 0 Å². The summed E-state index contributed by atoms with van der Waals surface area (Å²) in [6.07, 6.45) is 0. The number of anilines is 1. The van der Waals surface area contributed by atoms with Crippen LogP contribution >= 0.6 is 0 Å². The van der Waals surface area contributed by atoms with Gasteiger partial charge in [-0.05, 0) is 17.7 Å². The van der Waals surface area contributed by atoms with Crippen molar-refractivity contribution in [3.63, 3.8) is 0 Å². The minimum absolute atomic E-state index is 0.0319. The van der Waals surface area contributed by atoms with Gasteiger partial charge >= 0.3 is 0 Å². The molecule has 1 fully saturated rings. The van der Waals surface area contributed by atoms with Crippen LogP contribution in [0, 0.1) is 0 Å². The lowest BCUT2D eigenvalue weighted by atomic mass is 10.2. The Kier molecular flexibility index (Phi) is 5.25. The minimum Gasteiger partial charge on any atom is -0.353 e. The largest absolute Gasteiger partial charge is 0.353 e. The van der Waals surface area contributed by atoms with Gasteiger partial charge in [-0.2, -0.15) is 0 Å². The maximum absolute atomic E-state index is 12.1. The van der Waals surface area contributed by atoms with Gasteiger partial charge in [-0.1, -0.05) is 30.3 Å². The fourth-order valence-electron chi connectivity index (χ4n) is 2.53. The number of benzene rings is 1. The molecule has 0 bridgehead atoms. The van der Waals surface area contributed by atoms with Crippen molar-refractivity contribution in [3.8, 4) is 0 Å². The summed E-state index contributed by atoms with van der Waals surface area (Å²) in [5, 5.41) is 11.1. The van der Waals surface area contributed by atoms with E-state index in [-0.39, 0.29) is 11.4 Å². The molecule has 25 heavy (non-hydrogen) atoms. The van der Waals surface area contributed by atoms with Crippen molar-refractivity contribution in [2.24, 2.45) is 0 Å². The first-order valence-corrected chi connectivity index (χ1v) is 9.57. The molecule has 9 heteroatoms. The number of rotatable bonds is 5. The number of carbonyl (C=O) groups is 1. The van der Waals surface area contributed by atoms with Crippen LogP contribution in [0.4, 0.5) is 5.82 Å². The smallest absolute Gasteiger partial charge is 0.285 e. The van der Waals surface area contributed by atoms with Crippen LogP contribution in [0.2, 0.25) is 0 Å². The fourth-order valence-corrected chi connectivity index (χ4v) is 3.62. The third kappa shape index (κ3) is 4.74. The second-order valence-corrected chi connectivity index (χ2v) is 7.41. The van der Waals surface area contributed by atoms with Crippen LogP contribution in [0.15, 0.2) is 42.5 Å². The molecule has 0 radical (unpaired) electrons. The molecule has 8 nitrogen and oxygen atoms in total. The summed E-state index contributed by atoms with van der Waals surface area (Å²) in [7, 11) is -3.80. The lowest BCUT2D eigenvalue weighted by Gasteiger charge is -2.27. The number of piperazine rings is 1. The molecular formula is C16H19N5O3S. The summed E-state index contributed by atoms with van der Waals surface area (Å²) in [6.45, 7) is 3.35. The van der Waals surface area contributed by atoms with Crippen molar-refractivity contribution in [2.75, 3.05) is 31.1 Å². The van der Waals surface area contributed by atoms with E-state index in [0.29, 0.717) is 11.4 Å². The molecule has 1 saturated heterocycles. The Morgan fingerprint density at radius 2 is 1.80 bits per heavy atom. The van der Waals surface area contributed by atoms with Crippen molar-refractivity contribution < 1.29 is 13.2 Å². The Morgan fingerprint density at radius 1 is 1.08 bits per heavy atom. The van der Waals surface area contributed by atoms with Gasteiger partial charge in [0.05, 0.1) is 5.75 Å². The molecule has 0 spiro atoms. The molecule has 0 atom stereocenters. The van der Waals surface area contributed by atoms with E-state index in [9.17, 15) is 13.2 Å². The van der Waals surface area contributed by atoms with E-state index in [4.69, 9.17) is 0 Å². The van der Waals surface area contributed by atoms with E-state index < -0.39 is 15.9 Å². The Labute approximate surface area is 146 Å². The van der Waals surface area contributed by atoms with Crippen LogP contribution in [0.3, 0.4) is 0 Å². The standard InChI is InChI=1S/C16H19N5O3S/c22-16(20-25(23,24)12-13-4-2-1-3-5-13)14-6-7-15(19-18-14)21-10-8-17-9-11-21/h1-7,17H,8-12H2,(H,20,22). The topological polar surface area (TPSA) is 104 Å².